The third kappa shape index (κ3) is 5.34. The zero-order valence-electron chi connectivity index (χ0n) is 10.9. The van der Waals surface area contributed by atoms with Crippen LogP contribution >= 0.6 is 27.5 Å². The molecule has 19 heavy (non-hydrogen) atoms. The van der Waals surface area contributed by atoms with Crippen LogP contribution in [0.3, 0.4) is 0 Å². The number of carbonyl (C=O) groups excluding carboxylic acids is 1. The quantitative estimate of drug-likeness (QED) is 0.878. The molecule has 1 rings (SSSR count). The Hall–Kier alpha value is -0.850. The molecular weight excluding hydrogens is 336 g/mol. The monoisotopic (exact) mass is 350 g/mol. The predicted octanol–water partition coefficient (Wildman–Crippen LogP) is 3.06. The molecule has 0 aliphatic rings. The smallest absolute Gasteiger partial charge is 0.408 e. The minimum Gasteiger partial charge on any atom is -0.444 e. The summed E-state index contributed by atoms with van der Waals surface area (Å²) in [6.45, 7) is 4.99. The zero-order chi connectivity index (χ0) is 14.6. The Morgan fingerprint density at radius 3 is 2.74 bits per heavy atom. The Kier molecular flexibility index (Phi) is 5.58. The fourth-order valence-corrected chi connectivity index (χ4v) is 1.72. The van der Waals surface area contributed by atoms with E-state index in [9.17, 15) is 9.90 Å². The largest absolute Gasteiger partial charge is 0.444 e. The Balaban J connectivity index is 2.78. The first-order valence-electron chi connectivity index (χ1n) is 5.64. The van der Waals surface area contributed by atoms with E-state index in [4.69, 9.17) is 16.3 Å². The highest BCUT2D eigenvalue weighted by Gasteiger charge is 2.21. The number of nitrogens with one attached hydrogen (secondary N) is 1. The van der Waals surface area contributed by atoms with Crippen LogP contribution in [-0.4, -0.2) is 28.4 Å². The number of carbonyl (C=O) groups is 1. The van der Waals surface area contributed by atoms with Crippen molar-refractivity contribution in [1.82, 2.24) is 10.3 Å². The molecule has 1 amide bonds. The molecule has 0 saturated carbocycles. The average Bonchev–Trinajstić information content (AvgIpc) is 2.27. The number of alkyl carbamates (subject to hydrolysis) is 1. The van der Waals surface area contributed by atoms with E-state index >= 15 is 0 Å². The van der Waals surface area contributed by atoms with Crippen molar-refractivity contribution in [3.8, 4) is 0 Å². The summed E-state index contributed by atoms with van der Waals surface area (Å²) in [5.74, 6) is 0. The van der Waals surface area contributed by atoms with Gasteiger partial charge in [0, 0.05) is 10.7 Å². The summed E-state index contributed by atoms with van der Waals surface area (Å²) in [7, 11) is 0. The van der Waals surface area contributed by atoms with Gasteiger partial charge in [0.05, 0.1) is 23.4 Å². The molecule has 0 fully saturated rings. The van der Waals surface area contributed by atoms with Crippen molar-refractivity contribution in [2.75, 3.05) is 6.61 Å². The van der Waals surface area contributed by atoms with Crippen LogP contribution in [0.5, 0.6) is 0 Å². The summed E-state index contributed by atoms with van der Waals surface area (Å²) in [4.78, 5) is 15.7. The highest BCUT2D eigenvalue weighted by atomic mass is 79.9. The first kappa shape index (κ1) is 16.2. The standard InChI is InChI=1S/C12H16BrClN2O3/c1-12(2,3)19-11(18)16-10(6-17)9-4-7(13)8(14)5-15-9/h4-5,10,17H,6H2,1-3H3,(H,16,18)/t10-/m1/s1. The van der Waals surface area contributed by atoms with Crippen LogP contribution in [0.2, 0.25) is 5.02 Å². The Morgan fingerprint density at radius 2 is 2.26 bits per heavy atom. The number of aromatic nitrogens is 1. The van der Waals surface area contributed by atoms with Gasteiger partial charge in [-0.15, -0.1) is 0 Å². The second-order valence-corrected chi connectivity index (χ2v) is 6.17. The van der Waals surface area contributed by atoms with Crippen LogP contribution in [0.15, 0.2) is 16.7 Å². The fraction of sp³-hybridized carbons (Fsp3) is 0.500. The number of aliphatic hydroxyl groups excluding tert-OH is 1. The summed E-state index contributed by atoms with van der Waals surface area (Å²) in [6.07, 6.45) is 0.833. The van der Waals surface area contributed by atoms with E-state index in [1.165, 1.54) is 6.20 Å². The van der Waals surface area contributed by atoms with E-state index in [2.05, 4.69) is 26.2 Å². The molecule has 0 aromatic carbocycles. The molecule has 1 atom stereocenters. The third-order valence-corrected chi connectivity index (χ3v) is 3.25. The number of hydrogen-bond acceptors (Lipinski definition) is 4. The molecule has 0 unspecified atom stereocenters. The van der Waals surface area contributed by atoms with Gasteiger partial charge >= 0.3 is 6.09 Å². The van der Waals surface area contributed by atoms with E-state index in [-0.39, 0.29) is 6.61 Å². The molecular formula is C12H16BrClN2O3. The van der Waals surface area contributed by atoms with Crippen LogP contribution in [0, 0.1) is 0 Å². The first-order chi connectivity index (χ1) is 8.73. The van der Waals surface area contributed by atoms with Gasteiger partial charge in [0.25, 0.3) is 0 Å². The lowest BCUT2D eigenvalue weighted by Crippen LogP contribution is -2.36. The summed E-state index contributed by atoms with van der Waals surface area (Å²) in [6, 6.07) is 0.990. The van der Waals surface area contributed by atoms with Gasteiger partial charge < -0.3 is 15.2 Å². The third-order valence-electron chi connectivity index (χ3n) is 2.06. The van der Waals surface area contributed by atoms with Gasteiger partial charge in [-0.05, 0) is 42.8 Å². The van der Waals surface area contributed by atoms with Gasteiger partial charge in [0.15, 0.2) is 0 Å². The maximum atomic E-state index is 11.6. The number of ether oxygens (including phenoxy) is 1. The molecule has 7 heteroatoms. The fourth-order valence-electron chi connectivity index (χ4n) is 1.28. The van der Waals surface area contributed by atoms with Gasteiger partial charge in [-0.1, -0.05) is 11.6 Å². The van der Waals surface area contributed by atoms with E-state index < -0.39 is 17.7 Å². The Bertz CT molecular complexity index is 463. The van der Waals surface area contributed by atoms with Crippen LogP contribution < -0.4 is 5.32 Å². The number of hydrogen-bond donors (Lipinski definition) is 2. The van der Waals surface area contributed by atoms with Crippen molar-refractivity contribution < 1.29 is 14.6 Å². The number of rotatable bonds is 3. The van der Waals surface area contributed by atoms with Crippen molar-refractivity contribution in [2.24, 2.45) is 0 Å². The van der Waals surface area contributed by atoms with Crippen molar-refractivity contribution in [3.05, 3.63) is 27.5 Å². The molecule has 1 aromatic rings. The molecule has 0 aliphatic carbocycles. The van der Waals surface area contributed by atoms with Crippen molar-refractivity contribution >= 4 is 33.6 Å². The van der Waals surface area contributed by atoms with Gasteiger partial charge in [0.2, 0.25) is 0 Å². The van der Waals surface area contributed by atoms with Gasteiger partial charge in [0.1, 0.15) is 5.60 Å². The summed E-state index contributed by atoms with van der Waals surface area (Å²) < 4.78 is 5.76. The molecule has 0 aliphatic heterocycles. The molecule has 0 bridgehead atoms. The van der Waals surface area contributed by atoms with E-state index in [1.54, 1.807) is 26.8 Å². The molecule has 2 N–H and O–H groups in total. The average molecular weight is 352 g/mol. The maximum Gasteiger partial charge on any atom is 0.408 e. The zero-order valence-corrected chi connectivity index (χ0v) is 13.2. The Labute approximate surface area is 125 Å². The number of aliphatic hydroxyl groups is 1. The van der Waals surface area contributed by atoms with E-state index in [1.807, 2.05) is 0 Å². The molecule has 5 nitrogen and oxygen atoms in total. The number of halogens is 2. The van der Waals surface area contributed by atoms with Gasteiger partial charge in [-0.25, -0.2) is 4.79 Å². The van der Waals surface area contributed by atoms with Crippen LogP contribution in [0.1, 0.15) is 32.5 Å². The topological polar surface area (TPSA) is 71.5 Å². The van der Waals surface area contributed by atoms with Gasteiger partial charge in [-0.2, -0.15) is 0 Å². The maximum absolute atomic E-state index is 11.6. The Morgan fingerprint density at radius 1 is 1.63 bits per heavy atom. The summed E-state index contributed by atoms with van der Waals surface area (Å²) in [5, 5.41) is 12.3. The minimum atomic E-state index is -0.650. The van der Waals surface area contributed by atoms with Gasteiger partial charge in [-0.3, -0.25) is 4.98 Å². The summed E-state index contributed by atoms with van der Waals surface area (Å²) in [5.41, 5.74) is -0.109. The number of amides is 1. The molecule has 106 valence electrons. The number of pyridine rings is 1. The predicted molar refractivity (Wildman–Crippen MR) is 76.1 cm³/mol. The molecule has 0 radical (unpaired) electrons. The molecule has 0 saturated heterocycles. The lowest BCUT2D eigenvalue weighted by Gasteiger charge is -2.22. The second kappa shape index (κ2) is 6.54. The van der Waals surface area contributed by atoms with Crippen LogP contribution in [0.4, 0.5) is 4.79 Å². The SMILES string of the molecule is CC(C)(C)OC(=O)N[C@H](CO)c1cc(Br)c(Cl)cn1. The molecule has 1 heterocycles. The highest BCUT2D eigenvalue weighted by molar-refractivity contribution is 9.10. The van der Waals surface area contributed by atoms with E-state index in [0.717, 1.165) is 0 Å². The van der Waals surface area contributed by atoms with Crippen molar-refractivity contribution in [1.29, 1.82) is 0 Å². The first-order valence-corrected chi connectivity index (χ1v) is 6.81. The van der Waals surface area contributed by atoms with Crippen LogP contribution in [-0.2, 0) is 4.74 Å². The highest BCUT2D eigenvalue weighted by Crippen LogP contribution is 2.24. The normalized spacial score (nSPS) is 12.9. The number of nitrogens with zero attached hydrogens (tertiary/aromatic N) is 1. The van der Waals surface area contributed by atoms with Crippen molar-refractivity contribution in [3.63, 3.8) is 0 Å². The lowest BCUT2D eigenvalue weighted by molar-refractivity contribution is 0.0480. The lowest BCUT2D eigenvalue weighted by atomic mass is 10.2. The van der Waals surface area contributed by atoms with E-state index in [0.29, 0.717) is 15.2 Å². The molecule has 1 aromatic heterocycles. The van der Waals surface area contributed by atoms with Crippen molar-refractivity contribution in [2.45, 2.75) is 32.4 Å². The summed E-state index contributed by atoms with van der Waals surface area (Å²) >= 11 is 9.10. The molecule has 0 spiro atoms. The second-order valence-electron chi connectivity index (χ2n) is 4.90. The minimum absolute atomic E-state index is 0.291. The van der Waals surface area contributed by atoms with Crippen LogP contribution in [0.25, 0.3) is 0 Å².